The molecule has 0 spiro atoms. The first-order valence-corrected chi connectivity index (χ1v) is 31.6. The van der Waals surface area contributed by atoms with Crippen LogP contribution in [0.5, 0.6) is 0 Å². The van der Waals surface area contributed by atoms with Crippen molar-refractivity contribution in [3.63, 3.8) is 0 Å². The topological polar surface area (TPSA) is 306 Å². The first kappa shape index (κ1) is 70.2. The van der Waals surface area contributed by atoms with Crippen molar-refractivity contribution in [3.8, 4) is 0 Å². The lowest BCUT2D eigenvalue weighted by Crippen LogP contribution is -2.67. The quantitative estimate of drug-likeness (QED) is 0.0204. The molecule has 0 bridgehead atoms. The second-order valence-electron chi connectivity index (χ2n) is 22.0. The Morgan fingerprint density at radius 2 is 0.867 bits per heavy atom. The highest BCUT2D eigenvalue weighted by atomic mass is 31.2. The van der Waals surface area contributed by atoms with Crippen molar-refractivity contribution in [3.05, 3.63) is 0 Å². The van der Waals surface area contributed by atoms with Crippen molar-refractivity contribution in [2.45, 2.75) is 337 Å². The van der Waals surface area contributed by atoms with Gasteiger partial charge in [0.25, 0.3) is 0 Å². The van der Waals surface area contributed by atoms with E-state index >= 15 is 0 Å². The Bertz CT molecular complexity index is 1420. The minimum absolute atomic E-state index is 0.0912. The fraction of sp³-hybridized carbons (Fsp3) is 0.982. The molecule has 75 heavy (non-hydrogen) atoms. The van der Waals surface area contributed by atoms with Gasteiger partial charge in [0.2, 0.25) is 5.91 Å². The van der Waals surface area contributed by atoms with E-state index in [2.05, 4.69) is 19.2 Å². The maximum absolute atomic E-state index is 13.6. The zero-order chi connectivity index (χ0) is 55.3. The first-order chi connectivity index (χ1) is 36.1. The Hall–Kier alpha value is -0.900. The van der Waals surface area contributed by atoms with Gasteiger partial charge < -0.3 is 70.7 Å². The molecule has 1 heterocycles. The summed E-state index contributed by atoms with van der Waals surface area (Å²) in [5.41, 5.74) is 0. The second-order valence-corrected chi connectivity index (χ2v) is 23.4. The Kier molecular flexibility index (Phi) is 40.2. The summed E-state index contributed by atoms with van der Waals surface area (Å²) in [4.78, 5) is 24.2. The van der Waals surface area contributed by atoms with Crippen LogP contribution in [-0.2, 0) is 27.9 Å². The molecule has 1 aliphatic heterocycles. The number of nitrogens with one attached hydrogen (secondary N) is 1. The number of aliphatic hydroxyl groups excluding tert-OH is 10. The van der Waals surface area contributed by atoms with Crippen molar-refractivity contribution in [2.24, 2.45) is 0 Å². The lowest BCUT2D eigenvalue weighted by molar-refractivity contribution is -0.338. The number of aliphatic hydroxyl groups is 10. The molecule has 2 aliphatic rings. The summed E-state index contributed by atoms with van der Waals surface area (Å²) in [6, 6.07) is -1.41. The largest absolute Gasteiger partial charge is 0.472 e. The van der Waals surface area contributed by atoms with Gasteiger partial charge in [-0.2, -0.15) is 0 Å². The van der Waals surface area contributed by atoms with E-state index in [1.54, 1.807) is 0 Å². The Morgan fingerprint density at radius 3 is 1.27 bits per heavy atom. The smallest absolute Gasteiger partial charge is 0.394 e. The molecule has 7 unspecified atom stereocenters. The van der Waals surface area contributed by atoms with E-state index in [9.17, 15) is 65.3 Å². The van der Waals surface area contributed by atoms with Gasteiger partial charge in [-0.05, 0) is 12.8 Å². The van der Waals surface area contributed by atoms with Crippen molar-refractivity contribution in [2.75, 3.05) is 13.2 Å². The number of carbonyl (C=O) groups is 1. The number of phosphoric ester groups is 1. The molecule has 1 aliphatic carbocycles. The molecule has 12 N–H and O–H groups in total. The summed E-state index contributed by atoms with van der Waals surface area (Å²) >= 11 is 0. The molecule has 2 fully saturated rings. The third-order valence-electron chi connectivity index (χ3n) is 15.4. The first-order valence-electron chi connectivity index (χ1n) is 30.1. The van der Waals surface area contributed by atoms with Gasteiger partial charge in [-0.15, -0.1) is 0 Å². The van der Waals surface area contributed by atoms with E-state index in [-0.39, 0.29) is 12.8 Å². The van der Waals surface area contributed by atoms with Crippen LogP contribution in [0.25, 0.3) is 0 Å². The number of hydrogen-bond donors (Lipinski definition) is 12. The molecular weight excluding hydrogens is 990 g/mol. The molecule has 0 aromatic carbocycles. The molecule has 0 aromatic rings. The normalized spacial score (nSPS) is 27.2. The van der Waals surface area contributed by atoms with Gasteiger partial charge in [-0.3, -0.25) is 13.8 Å². The average molecular weight is 1100 g/mol. The Balaban J connectivity index is 1.89. The fourth-order valence-electron chi connectivity index (χ4n) is 10.4. The van der Waals surface area contributed by atoms with Gasteiger partial charge in [0.15, 0.2) is 6.29 Å². The van der Waals surface area contributed by atoms with Gasteiger partial charge >= 0.3 is 7.82 Å². The molecule has 1 saturated heterocycles. The maximum Gasteiger partial charge on any atom is 0.472 e. The highest BCUT2D eigenvalue weighted by molar-refractivity contribution is 7.47. The lowest BCUT2D eigenvalue weighted by atomic mass is 9.84. The summed E-state index contributed by atoms with van der Waals surface area (Å²) < 4.78 is 34.9. The van der Waals surface area contributed by atoms with Crippen LogP contribution < -0.4 is 5.32 Å². The lowest BCUT2D eigenvalue weighted by Gasteiger charge is -2.47. The SMILES string of the molecule is CCCCCCCCCCCCCCCCCCCCCCCC(=O)N[C@@H](COP(=O)(O)O[C@H]1C(O)C(O)C(O)[C@@H](O)C1O[C@H]1O[C@H](CO)[C@@H](O)C(O)C1O)[C@H](O)[C@H](O)CCCCCCCCCCCCCCCC. The van der Waals surface area contributed by atoms with Gasteiger partial charge in [0, 0.05) is 6.42 Å². The second kappa shape index (κ2) is 42.9. The molecule has 0 aromatic heterocycles. The zero-order valence-electron chi connectivity index (χ0n) is 46.5. The predicted molar refractivity (Wildman–Crippen MR) is 289 cm³/mol. The summed E-state index contributed by atoms with van der Waals surface area (Å²) in [5.74, 6) is -0.478. The third-order valence-corrected chi connectivity index (χ3v) is 16.4. The molecule has 19 heteroatoms. The molecule has 1 saturated carbocycles. The van der Waals surface area contributed by atoms with E-state index in [4.69, 9.17) is 18.5 Å². The minimum Gasteiger partial charge on any atom is -0.394 e. The summed E-state index contributed by atoms with van der Waals surface area (Å²) in [6.45, 7) is 2.76. The van der Waals surface area contributed by atoms with Crippen molar-refractivity contribution in [1.82, 2.24) is 5.32 Å². The van der Waals surface area contributed by atoms with Crippen LogP contribution in [-0.4, -0.2) is 161 Å². The highest BCUT2D eigenvalue weighted by Gasteiger charge is 2.55. The number of hydrogen-bond acceptors (Lipinski definition) is 16. The monoisotopic (exact) mass is 1100 g/mol. The van der Waals surface area contributed by atoms with Crippen molar-refractivity contribution in [1.29, 1.82) is 0 Å². The number of ether oxygens (including phenoxy) is 2. The van der Waals surface area contributed by atoms with E-state index in [0.717, 1.165) is 51.4 Å². The zero-order valence-corrected chi connectivity index (χ0v) is 47.4. The molecule has 18 nitrogen and oxygen atoms in total. The van der Waals surface area contributed by atoms with Gasteiger partial charge in [0.1, 0.15) is 67.1 Å². The van der Waals surface area contributed by atoms with Crippen molar-refractivity contribution >= 4 is 13.7 Å². The van der Waals surface area contributed by atoms with E-state index in [1.165, 1.54) is 161 Å². The average Bonchev–Trinajstić information content (AvgIpc) is 3.39. The molecule has 446 valence electrons. The summed E-state index contributed by atoms with van der Waals surface area (Å²) in [5, 5.41) is 109. The highest BCUT2D eigenvalue weighted by Crippen LogP contribution is 2.48. The Labute approximate surface area is 451 Å². The van der Waals surface area contributed by atoms with Crippen LogP contribution in [0, 0.1) is 0 Å². The van der Waals surface area contributed by atoms with Crippen LogP contribution in [0.2, 0.25) is 0 Å². The number of phosphoric acid groups is 1. The fourth-order valence-corrected chi connectivity index (χ4v) is 11.3. The third kappa shape index (κ3) is 29.9. The van der Waals surface area contributed by atoms with Crippen LogP contribution in [0.4, 0.5) is 0 Å². The molecule has 2 rings (SSSR count). The molecule has 1 amide bonds. The molecule has 15 atom stereocenters. The summed E-state index contributed by atoms with van der Waals surface area (Å²) in [6.07, 6.45) is 17.0. The predicted octanol–water partition coefficient (Wildman–Crippen LogP) is 7.81. The summed E-state index contributed by atoms with van der Waals surface area (Å²) in [7, 11) is -5.42. The van der Waals surface area contributed by atoms with Crippen molar-refractivity contribution < 1.29 is 83.8 Å². The number of amides is 1. The van der Waals surface area contributed by atoms with Crippen LogP contribution in [0.15, 0.2) is 0 Å². The van der Waals surface area contributed by atoms with Crippen LogP contribution >= 0.6 is 7.82 Å². The number of carbonyl (C=O) groups excluding carboxylic acids is 1. The van der Waals surface area contributed by atoms with E-state index in [1.807, 2.05) is 0 Å². The van der Waals surface area contributed by atoms with Crippen LogP contribution in [0.3, 0.4) is 0 Å². The van der Waals surface area contributed by atoms with Crippen LogP contribution in [0.1, 0.15) is 251 Å². The van der Waals surface area contributed by atoms with E-state index in [0.29, 0.717) is 12.8 Å². The van der Waals surface area contributed by atoms with Gasteiger partial charge in [-0.25, -0.2) is 4.57 Å². The van der Waals surface area contributed by atoms with Gasteiger partial charge in [0.05, 0.1) is 25.4 Å². The minimum atomic E-state index is -5.42. The molecular formula is C56H110NO17P. The number of unbranched alkanes of at least 4 members (excludes halogenated alkanes) is 33. The molecule has 0 radical (unpaired) electrons. The number of rotatable bonds is 48. The Morgan fingerprint density at radius 1 is 0.507 bits per heavy atom. The standard InChI is InChI=1S/C56H110NO17P/c1-3-5-7-9-11-13-15-17-19-20-21-22-23-24-25-27-29-31-33-35-37-39-45(60)57-42(46(61)43(59)38-36-34-32-30-28-26-18-16-14-12-10-8-6-4-2)41-71-75(69,70)74-55-52(67)50(65)49(64)51(66)54(55)73-56-53(68)48(63)47(62)44(40-58)72-56/h42-44,46-56,58-59,61-68H,3-41H2,1-2H3,(H,57,60)(H,69,70)/t42-,43+,44+,46-,47+,48?,49?,50?,51+,52?,53?,54?,55-,56+/m0/s1. The van der Waals surface area contributed by atoms with E-state index < -0.39 is 113 Å². The maximum atomic E-state index is 13.6. The van der Waals surface area contributed by atoms with Gasteiger partial charge in [-0.1, -0.05) is 232 Å².